The number of furan rings is 1. The first-order chi connectivity index (χ1) is 20.0. The van der Waals surface area contributed by atoms with Gasteiger partial charge in [-0.15, -0.1) is 0 Å². The number of halogens is 1. The monoisotopic (exact) mass is 646 g/mol. The van der Waals surface area contributed by atoms with Gasteiger partial charge >= 0.3 is 29.8 Å². The average molecular weight is 647 g/mol. The van der Waals surface area contributed by atoms with Crippen LogP contribution in [0.15, 0.2) is 39.8 Å². The van der Waals surface area contributed by atoms with E-state index in [1.54, 1.807) is 19.1 Å². The van der Waals surface area contributed by atoms with E-state index in [1.807, 2.05) is 0 Å². The molecule has 0 bridgehead atoms. The summed E-state index contributed by atoms with van der Waals surface area (Å²) >= 11 is 6.06. The smallest absolute Gasteiger partial charge is 0.348 e. The number of hydrogen-bond acceptors (Lipinski definition) is 14. The van der Waals surface area contributed by atoms with E-state index in [2.05, 4.69) is 5.32 Å². The number of carbonyl (C=O) groups is 5. The Labute approximate surface area is 251 Å². The zero-order chi connectivity index (χ0) is 32.5. The molecule has 3 N–H and O–H groups in total. The fourth-order valence-corrected chi connectivity index (χ4v) is 4.27. The van der Waals surface area contributed by atoms with Crippen LogP contribution in [-0.2, 0) is 59.4 Å². The van der Waals surface area contributed by atoms with Crippen LogP contribution < -0.4 is 10.5 Å². The molecule has 0 saturated heterocycles. The largest absolute Gasteiger partial charge is 0.467 e. The van der Waals surface area contributed by atoms with Gasteiger partial charge in [-0.1, -0.05) is 11.6 Å². The lowest BCUT2D eigenvalue weighted by Gasteiger charge is -2.20. The van der Waals surface area contributed by atoms with Crippen molar-refractivity contribution in [1.82, 2.24) is 0 Å². The Bertz CT molecular complexity index is 1440. The van der Waals surface area contributed by atoms with Gasteiger partial charge in [-0.25, -0.2) is 37.5 Å². The van der Waals surface area contributed by atoms with E-state index in [0.29, 0.717) is 5.76 Å². The second kappa shape index (κ2) is 15.4. The van der Waals surface area contributed by atoms with E-state index in [0.717, 1.165) is 26.0 Å². The maximum absolute atomic E-state index is 13.0. The second-order valence-electron chi connectivity index (χ2n) is 8.84. The van der Waals surface area contributed by atoms with E-state index in [4.69, 9.17) is 44.8 Å². The number of benzene rings is 1. The van der Waals surface area contributed by atoms with E-state index in [1.165, 1.54) is 20.1 Å². The van der Waals surface area contributed by atoms with Crippen LogP contribution in [0, 0.1) is 0 Å². The summed E-state index contributed by atoms with van der Waals surface area (Å²) in [6.07, 6.45) is -4.44. The number of ether oxygens (including phenoxy) is 5. The fourth-order valence-electron chi connectivity index (χ4n) is 3.17. The third-order valence-electron chi connectivity index (χ3n) is 5.41. The molecule has 43 heavy (non-hydrogen) atoms. The van der Waals surface area contributed by atoms with Crippen molar-refractivity contribution in [2.24, 2.45) is 5.14 Å². The van der Waals surface area contributed by atoms with Crippen LogP contribution in [0.4, 0.5) is 5.69 Å². The van der Waals surface area contributed by atoms with Crippen LogP contribution in [0.1, 0.15) is 50.7 Å². The molecule has 0 spiro atoms. The summed E-state index contributed by atoms with van der Waals surface area (Å²) in [5.41, 5.74) is -0.300. The second-order valence-corrected chi connectivity index (χ2v) is 10.8. The van der Waals surface area contributed by atoms with Gasteiger partial charge in [0.15, 0.2) is 24.4 Å². The maximum atomic E-state index is 13.0. The maximum Gasteiger partial charge on any atom is 0.348 e. The summed E-state index contributed by atoms with van der Waals surface area (Å²) in [5.74, 6) is -4.84. The molecule has 15 nitrogen and oxygen atoms in total. The predicted octanol–water partition coefficient (Wildman–Crippen LogP) is 2.10. The molecule has 0 saturated carbocycles. The van der Waals surface area contributed by atoms with Gasteiger partial charge in [0.2, 0.25) is 10.0 Å². The highest BCUT2D eigenvalue weighted by Crippen LogP contribution is 2.29. The highest BCUT2D eigenvalue weighted by atomic mass is 35.5. The van der Waals surface area contributed by atoms with Gasteiger partial charge in [-0.05, 0) is 58.9 Å². The topological polar surface area (TPSA) is 217 Å². The minimum absolute atomic E-state index is 0.0365. The molecule has 0 amide bonds. The van der Waals surface area contributed by atoms with Gasteiger partial charge in [0.1, 0.15) is 10.7 Å². The van der Waals surface area contributed by atoms with Crippen molar-refractivity contribution in [3.05, 3.63) is 46.9 Å². The SMILES string of the molecule is CCOC(=O)C(C)OC(=O)C(C)OC(=O)C(C)OC(=O)C(C)OC(=O)c1cc(S(N)(=O)=O)c(Cl)cc1NCc1ccco1. The zero-order valence-electron chi connectivity index (χ0n) is 23.8. The summed E-state index contributed by atoms with van der Waals surface area (Å²) in [5, 5.41) is 7.77. The van der Waals surface area contributed by atoms with Crippen molar-refractivity contribution in [2.45, 2.75) is 70.5 Å². The van der Waals surface area contributed by atoms with E-state index in [9.17, 15) is 32.4 Å². The van der Waals surface area contributed by atoms with E-state index < -0.39 is 69.2 Å². The molecule has 236 valence electrons. The van der Waals surface area contributed by atoms with E-state index >= 15 is 0 Å². The number of hydrogen-bond donors (Lipinski definition) is 2. The Hall–Kier alpha value is -4.15. The number of nitrogens with one attached hydrogen (secondary N) is 1. The zero-order valence-corrected chi connectivity index (χ0v) is 25.4. The summed E-state index contributed by atoms with van der Waals surface area (Å²) in [6, 6.07) is 5.29. The predicted molar refractivity (Wildman–Crippen MR) is 147 cm³/mol. The quantitative estimate of drug-likeness (QED) is 0.222. The van der Waals surface area contributed by atoms with Gasteiger partial charge in [0.25, 0.3) is 0 Å². The van der Waals surface area contributed by atoms with Crippen molar-refractivity contribution >= 4 is 57.2 Å². The summed E-state index contributed by atoms with van der Waals surface area (Å²) in [6.45, 7) is 6.45. The molecule has 4 unspecified atom stereocenters. The van der Waals surface area contributed by atoms with E-state index in [-0.39, 0.29) is 29.4 Å². The number of anilines is 1. The van der Waals surface area contributed by atoms with Crippen LogP contribution in [0.2, 0.25) is 5.02 Å². The Morgan fingerprint density at radius 3 is 1.86 bits per heavy atom. The molecular formula is C26H31ClN2O13S. The molecular weight excluding hydrogens is 616 g/mol. The molecule has 2 aromatic rings. The van der Waals surface area contributed by atoms with Crippen molar-refractivity contribution in [3.63, 3.8) is 0 Å². The Morgan fingerprint density at radius 1 is 0.884 bits per heavy atom. The van der Waals surface area contributed by atoms with Gasteiger partial charge < -0.3 is 33.4 Å². The number of rotatable bonds is 14. The van der Waals surface area contributed by atoms with Crippen molar-refractivity contribution < 1.29 is 60.5 Å². The minimum atomic E-state index is -4.35. The Balaban J connectivity index is 2.06. The van der Waals surface area contributed by atoms with Crippen molar-refractivity contribution in [2.75, 3.05) is 11.9 Å². The van der Waals surface area contributed by atoms with Crippen LogP contribution in [0.3, 0.4) is 0 Å². The lowest BCUT2D eigenvalue weighted by atomic mass is 10.1. The Morgan fingerprint density at radius 2 is 1.40 bits per heavy atom. The number of carbonyl (C=O) groups excluding carboxylic acids is 5. The average Bonchev–Trinajstić information content (AvgIpc) is 3.44. The third kappa shape index (κ3) is 10.3. The molecule has 1 heterocycles. The number of esters is 5. The van der Waals surface area contributed by atoms with Gasteiger partial charge in [0, 0.05) is 0 Å². The molecule has 0 radical (unpaired) electrons. The molecule has 1 aromatic carbocycles. The normalized spacial score (nSPS) is 13.9. The molecule has 0 aliphatic rings. The fraction of sp³-hybridized carbons (Fsp3) is 0.423. The first kappa shape index (κ1) is 35.0. The van der Waals surface area contributed by atoms with Gasteiger partial charge in [0.05, 0.1) is 35.7 Å². The minimum Gasteiger partial charge on any atom is -0.467 e. The Kier molecular flexibility index (Phi) is 12.5. The standard InChI is InChI=1S/C26H31ClN2O13S/c1-6-37-22(30)13(2)39-23(31)14(3)40-24(32)15(4)41-25(33)16(5)42-26(34)18-10-21(43(28,35)36)19(27)11-20(18)29-12-17-8-7-9-38-17/h7-11,13-16,29H,6,12H2,1-5H3,(H2,28,35,36). The first-order valence-corrected chi connectivity index (χ1v) is 14.6. The van der Waals surface area contributed by atoms with Gasteiger partial charge in [-0.3, -0.25) is 0 Å². The van der Waals surface area contributed by atoms with Crippen LogP contribution in [-0.4, -0.2) is 69.3 Å². The molecule has 0 fully saturated rings. The first-order valence-electron chi connectivity index (χ1n) is 12.7. The molecule has 0 aliphatic heterocycles. The molecule has 0 aliphatic carbocycles. The van der Waals surface area contributed by atoms with Crippen LogP contribution in [0.5, 0.6) is 0 Å². The highest BCUT2D eigenvalue weighted by molar-refractivity contribution is 7.89. The number of nitrogens with two attached hydrogens (primary N) is 1. The summed E-state index contributed by atoms with van der Waals surface area (Å²) in [4.78, 5) is 61.1. The molecule has 1 aromatic heterocycles. The summed E-state index contributed by atoms with van der Waals surface area (Å²) in [7, 11) is -4.35. The molecule has 4 atom stereocenters. The van der Waals surface area contributed by atoms with Crippen molar-refractivity contribution in [1.29, 1.82) is 0 Å². The molecule has 2 rings (SSSR count). The number of sulfonamides is 1. The molecule has 17 heteroatoms. The van der Waals surface area contributed by atoms with Gasteiger partial charge in [-0.2, -0.15) is 0 Å². The number of primary sulfonamides is 1. The van der Waals surface area contributed by atoms with Crippen LogP contribution >= 0.6 is 11.6 Å². The highest BCUT2D eigenvalue weighted by Gasteiger charge is 2.31. The summed E-state index contributed by atoms with van der Waals surface area (Å²) < 4.78 is 53.8. The van der Waals surface area contributed by atoms with Crippen molar-refractivity contribution in [3.8, 4) is 0 Å². The third-order valence-corrected chi connectivity index (χ3v) is 6.78. The van der Waals surface area contributed by atoms with Crippen LogP contribution in [0.25, 0.3) is 0 Å². The lowest BCUT2D eigenvalue weighted by Crippen LogP contribution is -2.37. The lowest BCUT2D eigenvalue weighted by molar-refractivity contribution is -0.183.